The highest BCUT2D eigenvalue weighted by Gasteiger charge is 2.41. The van der Waals surface area contributed by atoms with Gasteiger partial charge in [-0.25, -0.2) is 4.68 Å². The predicted molar refractivity (Wildman–Crippen MR) is 63.4 cm³/mol. The number of hydrogen-bond acceptors (Lipinski definition) is 3. The summed E-state index contributed by atoms with van der Waals surface area (Å²) in [6, 6.07) is 3.10. The highest BCUT2D eigenvalue weighted by Crippen LogP contribution is 2.51. The lowest BCUT2D eigenvalue weighted by atomic mass is 9.89. The maximum absolute atomic E-state index is 11.7. The fourth-order valence-corrected chi connectivity index (χ4v) is 3.07. The molecule has 3 unspecified atom stereocenters. The molecule has 0 bridgehead atoms. The van der Waals surface area contributed by atoms with E-state index in [0.29, 0.717) is 11.6 Å². The van der Waals surface area contributed by atoms with Gasteiger partial charge in [-0.05, 0) is 49.5 Å². The van der Waals surface area contributed by atoms with Gasteiger partial charge in [0, 0.05) is 12.6 Å². The predicted octanol–water partition coefficient (Wildman–Crippen LogP) is 1.17. The van der Waals surface area contributed by atoms with E-state index in [1.165, 1.54) is 36.4 Å². The van der Waals surface area contributed by atoms with Crippen LogP contribution in [0.15, 0.2) is 16.9 Å². The first-order valence-corrected chi connectivity index (χ1v) is 6.44. The molecule has 92 valence electrons. The molecule has 17 heavy (non-hydrogen) atoms. The molecule has 0 aromatic carbocycles. The Morgan fingerprint density at radius 2 is 2.18 bits per heavy atom. The second-order valence-electron chi connectivity index (χ2n) is 5.44. The van der Waals surface area contributed by atoms with Crippen LogP contribution in [0.1, 0.15) is 31.4 Å². The van der Waals surface area contributed by atoms with Crippen molar-refractivity contribution in [3.05, 3.63) is 28.2 Å². The number of hydrogen-bond donors (Lipinski definition) is 1. The number of nitrogens with zero attached hydrogens (tertiary/aromatic N) is 2. The number of aromatic nitrogens is 2. The zero-order valence-corrected chi connectivity index (χ0v) is 9.88. The maximum Gasteiger partial charge on any atom is 0.266 e. The molecule has 1 aromatic rings. The van der Waals surface area contributed by atoms with Crippen molar-refractivity contribution < 1.29 is 5.11 Å². The molecule has 4 heteroatoms. The van der Waals surface area contributed by atoms with Crippen LogP contribution < -0.4 is 5.56 Å². The Morgan fingerprint density at radius 1 is 1.29 bits per heavy atom. The van der Waals surface area contributed by atoms with E-state index >= 15 is 0 Å². The molecule has 2 aliphatic rings. The van der Waals surface area contributed by atoms with Gasteiger partial charge < -0.3 is 5.11 Å². The van der Waals surface area contributed by atoms with Crippen LogP contribution in [-0.4, -0.2) is 14.9 Å². The number of aliphatic hydroxyl groups is 1. The van der Waals surface area contributed by atoms with Crippen molar-refractivity contribution in [3.63, 3.8) is 0 Å². The molecular weight excluding hydrogens is 216 g/mol. The molecule has 0 aliphatic heterocycles. The lowest BCUT2D eigenvalue weighted by molar-refractivity contribution is 0.262. The van der Waals surface area contributed by atoms with Crippen LogP contribution in [0.3, 0.4) is 0 Å². The number of fused-ring (bicyclic) bond motifs is 1. The van der Waals surface area contributed by atoms with Crippen LogP contribution in [0.2, 0.25) is 0 Å². The van der Waals surface area contributed by atoms with Crippen LogP contribution in [0, 0.1) is 17.8 Å². The van der Waals surface area contributed by atoms with Crippen LogP contribution in [0.25, 0.3) is 0 Å². The minimum atomic E-state index is -0.102. The fourth-order valence-electron chi connectivity index (χ4n) is 3.07. The number of aliphatic hydroxyl groups excluding tert-OH is 1. The molecule has 1 aromatic heterocycles. The van der Waals surface area contributed by atoms with Gasteiger partial charge >= 0.3 is 0 Å². The van der Waals surface area contributed by atoms with Crippen LogP contribution in [-0.2, 0) is 13.2 Å². The summed E-state index contributed by atoms with van der Waals surface area (Å²) in [6.07, 6.45) is 5.19. The van der Waals surface area contributed by atoms with E-state index in [4.69, 9.17) is 5.11 Å². The van der Waals surface area contributed by atoms with Crippen molar-refractivity contribution in [2.45, 2.75) is 38.8 Å². The molecule has 0 amide bonds. The van der Waals surface area contributed by atoms with Gasteiger partial charge in [-0.1, -0.05) is 0 Å². The van der Waals surface area contributed by atoms with Gasteiger partial charge in [0.25, 0.3) is 5.56 Å². The van der Waals surface area contributed by atoms with Gasteiger partial charge in [0.05, 0.1) is 12.3 Å². The third-order valence-electron chi connectivity index (χ3n) is 4.17. The van der Waals surface area contributed by atoms with Crippen molar-refractivity contribution >= 4 is 0 Å². The minimum absolute atomic E-state index is 0.0554. The van der Waals surface area contributed by atoms with E-state index in [0.717, 1.165) is 18.4 Å². The second kappa shape index (κ2) is 4.26. The van der Waals surface area contributed by atoms with Gasteiger partial charge in [0.15, 0.2) is 0 Å². The topological polar surface area (TPSA) is 55.1 Å². The van der Waals surface area contributed by atoms with Crippen LogP contribution in [0.4, 0.5) is 0 Å². The van der Waals surface area contributed by atoms with Crippen molar-refractivity contribution in [1.29, 1.82) is 0 Å². The summed E-state index contributed by atoms with van der Waals surface area (Å²) < 4.78 is 1.53. The average Bonchev–Trinajstić information content (AvgIpc) is 3.10. The van der Waals surface area contributed by atoms with E-state index in [-0.39, 0.29) is 12.2 Å². The summed E-state index contributed by atoms with van der Waals surface area (Å²) >= 11 is 0. The quantitative estimate of drug-likeness (QED) is 0.854. The molecular formula is C13H18N2O2. The Labute approximate surface area is 100 Å². The van der Waals surface area contributed by atoms with Crippen molar-refractivity contribution in [3.8, 4) is 0 Å². The molecule has 0 radical (unpaired) electrons. The highest BCUT2D eigenvalue weighted by molar-refractivity contribution is 4.99. The third kappa shape index (κ3) is 2.27. The maximum atomic E-state index is 11.7. The van der Waals surface area contributed by atoms with E-state index in [2.05, 4.69) is 5.10 Å². The van der Waals surface area contributed by atoms with Crippen molar-refractivity contribution in [2.75, 3.05) is 0 Å². The highest BCUT2D eigenvalue weighted by atomic mass is 16.3. The molecule has 2 saturated carbocycles. The largest absolute Gasteiger partial charge is 0.390 e. The lowest BCUT2D eigenvalue weighted by Crippen LogP contribution is -2.28. The normalized spacial score (nSPS) is 31.0. The van der Waals surface area contributed by atoms with E-state index in [9.17, 15) is 4.79 Å². The van der Waals surface area contributed by atoms with Gasteiger partial charge in [-0.15, -0.1) is 0 Å². The molecule has 0 spiro atoms. The fraction of sp³-hybridized carbons (Fsp3) is 0.692. The summed E-state index contributed by atoms with van der Waals surface area (Å²) in [4.78, 5) is 11.7. The standard InChI is InChI=1S/C13H18N2O2/c16-8-12-3-4-13(17)15(14-12)7-9-1-2-10-6-11(10)5-9/h3-4,9-11,16H,1-2,5-8H2. The Bertz CT molecular complexity index is 469. The first-order valence-electron chi connectivity index (χ1n) is 6.44. The van der Waals surface area contributed by atoms with E-state index < -0.39 is 0 Å². The van der Waals surface area contributed by atoms with E-state index in [1.54, 1.807) is 6.07 Å². The van der Waals surface area contributed by atoms with Crippen molar-refractivity contribution in [2.24, 2.45) is 17.8 Å². The monoisotopic (exact) mass is 234 g/mol. The Morgan fingerprint density at radius 3 is 2.94 bits per heavy atom. The average molecular weight is 234 g/mol. The summed E-state index contributed by atoms with van der Waals surface area (Å²) in [5.74, 6) is 2.50. The summed E-state index contributed by atoms with van der Waals surface area (Å²) in [5, 5.41) is 13.2. The van der Waals surface area contributed by atoms with Gasteiger partial charge in [0.1, 0.15) is 0 Å². The molecule has 4 nitrogen and oxygen atoms in total. The molecule has 3 rings (SSSR count). The Balaban J connectivity index is 1.72. The van der Waals surface area contributed by atoms with Crippen molar-refractivity contribution in [1.82, 2.24) is 9.78 Å². The summed E-state index contributed by atoms with van der Waals surface area (Å²) in [7, 11) is 0. The van der Waals surface area contributed by atoms with Gasteiger partial charge in [-0.3, -0.25) is 4.79 Å². The third-order valence-corrected chi connectivity index (χ3v) is 4.17. The van der Waals surface area contributed by atoms with Crippen LogP contribution in [0.5, 0.6) is 0 Å². The lowest BCUT2D eigenvalue weighted by Gasteiger charge is -2.21. The molecule has 1 heterocycles. The van der Waals surface area contributed by atoms with E-state index in [1.807, 2.05) is 0 Å². The molecule has 2 fully saturated rings. The molecule has 2 aliphatic carbocycles. The smallest absolute Gasteiger partial charge is 0.266 e. The zero-order chi connectivity index (χ0) is 11.8. The second-order valence-corrected chi connectivity index (χ2v) is 5.44. The molecule has 1 N–H and O–H groups in total. The molecule has 3 atom stereocenters. The first-order chi connectivity index (χ1) is 8.26. The first kappa shape index (κ1) is 11.0. The summed E-state index contributed by atoms with van der Waals surface area (Å²) in [5.41, 5.74) is 0.518. The summed E-state index contributed by atoms with van der Waals surface area (Å²) in [6.45, 7) is 0.617. The zero-order valence-electron chi connectivity index (χ0n) is 9.88. The van der Waals surface area contributed by atoms with Gasteiger partial charge in [-0.2, -0.15) is 5.10 Å². The minimum Gasteiger partial charge on any atom is -0.390 e. The molecule has 0 saturated heterocycles. The Kier molecular flexibility index (Phi) is 2.74. The SMILES string of the molecule is O=c1ccc(CO)nn1CC1CCC2CC2C1. The Hall–Kier alpha value is -1.16. The van der Waals surface area contributed by atoms with Crippen LogP contribution >= 0.6 is 0 Å². The van der Waals surface area contributed by atoms with Gasteiger partial charge in [0.2, 0.25) is 0 Å². The number of rotatable bonds is 3.